The monoisotopic (exact) mass is 286 g/mol. The number of allylic oxidation sites excluding steroid dienone is 1. The van der Waals surface area contributed by atoms with Gasteiger partial charge in [-0.25, -0.2) is 0 Å². The fourth-order valence-electron chi connectivity index (χ4n) is 2.48. The van der Waals surface area contributed by atoms with Crippen molar-refractivity contribution in [2.45, 2.75) is 38.9 Å². The Labute approximate surface area is 122 Å². The summed E-state index contributed by atoms with van der Waals surface area (Å²) in [7, 11) is -1.95. The number of benzene rings is 1. The summed E-state index contributed by atoms with van der Waals surface area (Å²) in [4.78, 5) is 15.7. The van der Waals surface area contributed by atoms with E-state index >= 15 is 0 Å². The zero-order valence-electron chi connectivity index (χ0n) is 12.5. The van der Waals surface area contributed by atoms with Crippen LogP contribution in [0.25, 0.3) is 11.6 Å². The molecule has 0 saturated heterocycles. The molecule has 0 amide bonds. The second-order valence-corrected chi connectivity index (χ2v) is 10.1. The van der Waals surface area contributed by atoms with Gasteiger partial charge in [0.25, 0.3) is 5.78 Å². The van der Waals surface area contributed by atoms with Gasteiger partial charge in [-0.2, -0.15) is 4.79 Å². The van der Waals surface area contributed by atoms with E-state index in [1.807, 2.05) is 30.3 Å². The van der Waals surface area contributed by atoms with E-state index in [2.05, 4.69) is 25.6 Å². The number of carbonyl (C=O) groups excluding carboxylic acids is 1. The highest BCUT2D eigenvalue weighted by molar-refractivity contribution is 7.14. The highest BCUT2D eigenvalue weighted by atomic mass is 28.3. The van der Waals surface area contributed by atoms with Gasteiger partial charge in [-0.15, -0.1) is 0 Å². The quantitative estimate of drug-likeness (QED) is 0.246. The molecule has 1 aromatic rings. The van der Waals surface area contributed by atoms with Crippen molar-refractivity contribution >= 4 is 25.3 Å². The predicted molar refractivity (Wildman–Crippen MR) is 86.3 cm³/mol. The molecule has 0 aliphatic carbocycles. The molecule has 0 bridgehead atoms. The van der Waals surface area contributed by atoms with Crippen LogP contribution in [0, 0.1) is 0 Å². The lowest BCUT2D eigenvalue weighted by Crippen LogP contribution is -2.46. The topological polar surface area (TPSA) is 53.5 Å². The first-order chi connectivity index (χ1) is 9.63. The molecule has 0 unspecified atom stereocenters. The van der Waals surface area contributed by atoms with Crippen LogP contribution in [-0.2, 0) is 4.79 Å². The molecule has 106 valence electrons. The maximum Gasteiger partial charge on any atom is 0.304 e. The highest BCUT2D eigenvalue weighted by Gasteiger charge is 2.44. The molecule has 0 spiro atoms. The van der Waals surface area contributed by atoms with Crippen LogP contribution in [0.5, 0.6) is 0 Å². The lowest BCUT2D eigenvalue weighted by molar-refractivity contribution is -0.112. The summed E-state index contributed by atoms with van der Waals surface area (Å²) < 4.78 is 0. The number of rotatable bonds is 7. The molecule has 0 radical (unpaired) electrons. The number of hydrogen-bond donors (Lipinski definition) is 0. The van der Waals surface area contributed by atoms with Crippen molar-refractivity contribution < 1.29 is 9.58 Å². The molecule has 0 atom stereocenters. The fourth-order valence-corrected chi connectivity index (χ4v) is 5.81. The van der Waals surface area contributed by atoms with Crippen LogP contribution in [0.2, 0.25) is 18.1 Å². The Balaban J connectivity index is 3.00. The summed E-state index contributed by atoms with van der Waals surface area (Å²) in [5.74, 6) is -0.159. The summed E-state index contributed by atoms with van der Waals surface area (Å²) in [6.07, 6.45) is 3.29. The van der Waals surface area contributed by atoms with Gasteiger partial charge in [0.15, 0.2) is 8.07 Å². The van der Waals surface area contributed by atoms with E-state index in [0.29, 0.717) is 5.33 Å². The SMILES string of the molecule is CC[Si](CC)(CC)C(=[N+]=[N-])C(=O)/C=C/c1ccccc1. The Kier molecular flexibility index (Phi) is 6.29. The van der Waals surface area contributed by atoms with Crippen LogP contribution in [-0.4, -0.2) is 24.0 Å². The molecule has 0 saturated carbocycles. The van der Waals surface area contributed by atoms with Crippen molar-refractivity contribution in [1.82, 2.24) is 0 Å². The third kappa shape index (κ3) is 3.62. The second kappa shape index (κ2) is 7.73. The zero-order valence-corrected chi connectivity index (χ0v) is 13.5. The van der Waals surface area contributed by atoms with Crippen LogP contribution >= 0.6 is 0 Å². The first-order valence-corrected chi connectivity index (χ1v) is 9.75. The van der Waals surface area contributed by atoms with E-state index in [1.165, 1.54) is 6.08 Å². The molecule has 0 N–H and O–H groups in total. The summed E-state index contributed by atoms with van der Waals surface area (Å²) in [6.45, 7) is 6.25. The van der Waals surface area contributed by atoms with Gasteiger partial charge in [0.05, 0.1) is 0 Å². The minimum Gasteiger partial charge on any atom is -0.362 e. The Bertz CT molecular complexity index is 518. The van der Waals surface area contributed by atoms with Crippen LogP contribution in [0.15, 0.2) is 36.4 Å². The van der Waals surface area contributed by atoms with Gasteiger partial charge in [0.1, 0.15) is 0 Å². The third-order valence-electron chi connectivity index (χ3n) is 4.09. The van der Waals surface area contributed by atoms with Crippen LogP contribution in [0.3, 0.4) is 0 Å². The van der Waals surface area contributed by atoms with E-state index in [-0.39, 0.29) is 5.78 Å². The normalized spacial score (nSPS) is 11.3. The Morgan fingerprint density at radius 3 is 2.15 bits per heavy atom. The van der Waals surface area contributed by atoms with E-state index in [9.17, 15) is 10.3 Å². The van der Waals surface area contributed by atoms with Gasteiger partial charge in [-0.05, 0) is 29.8 Å². The third-order valence-corrected chi connectivity index (χ3v) is 9.50. The predicted octanol–water partition coefficient (Wildman–Crippen LogP) is 3.99. The molecule has 0 aliphatic heterocycles. The second-order valence-electron chi connectivity index (χ2n) is 4.90. The average Bonchev–Trinajstić information content (AvgIpc) is 2.51. The molecule has 0 heterocycles. The number of hydrogen-bond acceptors (Lipinski definition) is 1. The van der Waals surface area contributed by atoms with Crippen molar-refractivity contribution in [2.24, 2.45) is 0 Å². The smallest absolute Gasteiger partial charge is 0.304 e. The van der Waals surface area contributed by atoms with Crippen LogP contribution in [0.1, 0.15) is 26.3 Å². The maximum absolute atomic E-state index is 12.3. The average molecular weight is 286 g/mol. The summed E-state index contributed by atoms with van der Waals surface area (Å²) >= 11 is 0. The van der Waals surface area contributed by atoms with E-state index < -0.39 is 8.07 Å². The summed E-state index contributed by atoms with van der Waals surface area (Å²) in [5.41, 5.74) is 10.3. The molecule has 3 nitrogen and oxygen atoms in total. The maximum atomic E-state index is 12.3. The first-order valence-electron chi connectivity index (χ1n) is 7.13. The van der Waals surface area contributed by atoms with Crippen LogP contribution < -0.4 is 0 Å². The van der Waals surface area contributed by atoms with Gasteiger partial charge in [-0.1, -0.05) is 57.2 Å². The van der Waals surface area contributed by atoms with E-state index in [0.717, 1.165) is 23.7 Å². The van der Waals surface area contributed by atoms with Crippen LogP contribution in [0.4, 0.5) is 0 Å². The Morgan fingerprint density at radius 2 is 1.70 bits per heavy atom. The van der Waals surface area contributed by atoms with Crippen molar-refractivity contribution in [3.05, 3.63) is 47.5 Å². The lowest BCUT2D eigenvalue weighted by Gasteiger charge is -2.20. The molecule has 1 aromatic carbocycles. The minimum atomic E-state index is -1.95. The standard InChI is InChI=1S/C16H22N2OSi/c1-4-20(5-2,6-3)16(18-17)15(19)13-12-14-10-8-7-9-11-14/h7-13H,4-6H2,1-3H3/b13-12+. The first kappa shape index (κ1) is 16.3. The minimum absolute atomic E-state index is 0.159. The number of nitrogens with zero attached hydrogens (tertiary/aromatic N) is 2. The fraction of sp³-hybridized carbons (Fsp3) is 0.375. The summed E-state index contributed by atoms with van der Waals surface area (Å²) in [6, 6.07) is 12.4. The molecule has 0 aromatic heterocycles. The van der Waals surface area contributed by atoms with Gasteiger partial charge in [-0.3, -0.25) is 4.79 Å². The highest BCUT2D eigenvalue weighted by Crippen LogP contribution is 2.22. The molecule has 0 fully saturated rings. The molecule has 1 rings (SSSR count). The number of carbonyl (C=O) groups is 1. The van der Waals surface area contributed by atoms with Gasteiger partial charge >= 0.3 is 5.33 Å². The lowest BCUT2D eigenvalue weighted by atomic mass is 10.2. The summed E-state index contributed by atoms with van der Waals surface area (Å²) in [5, 5.41) is 0.400. The van der Waals surface area contributed by atoms with E-state index in [1.54, 1.807) is 6.08 Å². The van der Waals surface area contributed by atoms with Crippen molar-refractivity contribution in [3.63, 3.8) is 0 Å². The van der Waals surface area contributed by atoms with Crippen molar-refractivity contribution in [2.75, 3.05) is 0 Å². The van der Waals surface area contributed by atoms with E-state index in [4.69, 9.17) is 0 Å². The van der Waals surface area contributed by atoms with Gasteiger partial charge in [0.2, 0.25) is 0 Å². The Hall–Kier alpha value is -1.77. The van der Waals surface area contributed by atoms with Gasteiger partial charge in [0, 0.05) is 0 Å². The largest absolute Gasteiger partial charge is 0.362 e. The molecule has 4 heteroatoms. The van der Waals surface area contributed by atoms with Crippen molar-refractivity contribution in [1.29, 1.82) is 0 Å². The molecule has 0 aliphatic rings. The van der Waals surface area contributed by atoms with Gasteiger partial charge < -0.3 is 5.53 Å². The zero-order chi connectivity index (χ0) is 15.0. The molecular weight excluding hydrogens is 264 g/mol. The van der Waals surface area contributed by atoms with Crippen molar-refractivity contribution in [3.8, 4) is 0 Å². The molecule has 20 heavy (non-hydrogen) atoms. The Morgan fingerprint density at radius 1 is 1.15 bits per heavy atom. The number of ketones is 1. The molecular formula is C16H22N2OSi.